The Morgan fingerprint density at radius 2 is 2.07 bits per heavy atom. The number of halogens is 4. The maximum absolute atomic E-state index is 12.4. The first-order chi connectivity index (χ1) is 6.48. The molecule has 2 heterocycles. The Morgan fingerprint density at radius 1 is 1.36 bits per heavy atom. The Labute approximate surface area is 85.5 Å². The number of alkyl halides is 3. The number of imidazole rings is 1. The van der Waals surface area contributed by atoms with Crippen molar-refractivity contribution in [2.24, 2.45) is 0 Å². The van der Waals surface area contributed by atoms with E-state index in [0.29, 0.717) is 0 Å². The van der Waals surface area contributed by atoms with Gasteiger partial charge in [-0.3, -0.25) is 0 Å². The molecule has 74 valence electrons. The second kappa shape index (κ2) is 2.98. The van der Waals surface area contributed by atoms with Crippen LogP contribution in [0.2, 0.25) is 0 Å². The lowest BCUT2D eigenvalue weighted by Crippen LogP contribution is -2.06. The van der Waals surface area contributed by atoms with E-state index in [9.17, 15) is 13.2 Å². The Kier molecular flexibility index (Phi) is 2.02. The molecular formula is C8H4BrF3N2. The molecule has 0 amide bonds. The summed E-state index contributed by atoms with van der Waals surface area (Å²) in [4.78, 5) is 3.78. The molecule has 2 nitrogen and oxygen atoms in total. The zero-order chi connectivity index (χ0) is 10.3. The lowest BCUT2D eigenvalue weighted by atomic mass is 10.2. The van der Waals surface area contributed by atoms with Crippen LogP contribution in [0.25, 0.3) is 5.65 Å². The van der Waals surface area contributed by atoms with E-state index >= 15 is 0 Å². The van der Waals surface area contributed by atoms with E-state index in [2.05, 4.69) is 20.9 Å². The summed E-state index contributed by atoms with van der Waals surface area (Å²) in [5.41, 5.74) is -0.434. The molecule has 0 aromatic carbocycles. The average Bonchev–Trinajstić information content (AvgIpc) is 2.47. The SMILES string of the molecule is FC(F)(F)c1cc2nccn2cc1Br. The first kappa shape index (κ1) is 9.51. The molecule has 0 fully saturated rings. The topological polar surface area (TPSA) is 17.3 Å². The van der Waals surface area contributed by atoms with Gasteiger partial charge in [0.05, 0.1) is 5.56 Å². The summed E-state index contributed by atoms with van der Waals surface area (Å²) in [5.74, 6) is 0. The highest BCUT2D eigenvalue weighted by Crippen LogP contribution is 2.35. The van der Waals surface area contributed by atoms with Crippen LogP contribution in [-0.2, 0) is 6.18 Å². The van der Waals surface area contributed by atoms with Crippen LogP contribution >= 0.6 is 15.9 Å². The van der Waals surface area contributed by atoms with Gasteiger partial charge in [0.2, 0.25) is 0 Å². The van der Waals surface area contributed by atoms with Crippen LogP contribution in [0.1, 0.15) is 5.56 Å². The van der Waals surface area contributed by atoms with Crippen molar-refractivity contribution in [1.82, 2.24) is 9.38 Å². The summed E-state index contributed by atoms with van der Waals surface area (Å²) in [7, 11) is 0. The molecule has 0 spiro atoms. The first-order valence-corrected chi connectivity index (χ1v) is 4.47. The van der Waals surface area contributed by atoms with Gasteiger partial charge in [-0.2, -0.15) is 13.2 Å². The number of pyridine rings is 1. The second-order valence-electron chi connectivity index (χ2n) is 2.73. The van der Waals surface area contributed by atoms with E-state index in [4.69, 9.17) is 0 Å². The van der Waals surface area contributed by atoms with E-state index in [0.717, 1.165) is 6.07 Å². The maximum Gasteiger partial charge on any atom is 0.417 e. The zero-order valence-electron chi connectivity index (χ0n) is 6.72. The third kappa shape index (κ3) is 1.50. The van der Waals surface area contributed by atoms with Gasteiger partial charge in [-0.1, -0.05) is 0 Å². The van der Waals surface area contributed by atoms with Gasteiger partial charge in [-0.25, -0.2) is 4.98 Å². The highest BCUT2D eigenvalue weighted by molar-refractivity contribution is 9.10. The summed E-state index contributed by atoms with van der Waals surface area (Å²) >= 11 is 2.87. The minimum atomic E-state index is -4.35. The van der Waals surface area contributed by atoms with Crippen LogP contribution in [-0.4, -0.2) is 9.38 Å². The quantitative estimate of drug-likeness (QED) is 0.715. The predicted octanol–water partition coefficient (Wildman–Crippen LogP) is 3.12. The van der Waals surface area contributed by atoms with Crippen LogP contribution in [0.5, 0.6) is 0 Å². The van der Waals surface area contributed by atoms with Crippen molar-refractivity contribution >= 4 is 21.6 Å². The number of rotatable bonds is 0. The molecule has 0 aliphatic rings. The zero-order valence-corrected chi connectivity index (χ0v) is 8.30. The van der Waals surface area contributed by atoms with E-state index in [-0.39, 0.29) is 10.1 Å². The van der Waals surface area contributed by atoms with Gasteiger partial charge in [-0.15, -0.1) is 0 Å². The van der Waals surface area contributed by atoms with E-state index < -0.39 is 11.7 Å². The largest absolute Gasteiger partial charge is 0.417 e. The average molecular weight is 265 g/mol. The molecule has 6 heteroatoms. The van der Waals surface area contributed by atoms with Gasteiger partial charge >= 0.3 is 6.18 Å². The predicted molar refractivity (Wildman–Crippen MR) is 47.9 cm³/mol. The third-order valence-electron chi connectivity index (χ3n) is 1.79. The summed E-state index contributed by atoms with van der Waals surface area (Å²) in [6.45, 7) is 0. The monoisotopic (exact) mass is 264 g/mol. The fourth-order valence-corrected chi connectivity index (χ4v) is 1.71. The molecule has 0 aliphatic heterocycles. The van der Waals surface area contributed by atoms with Crippen molar-refractivity contribution in [2.75, 3.05) is 0 Å². The van der Waals surface area contributed by atoms with Gasteiger partial charge in [0.15, 0.2) is 0 Å². The summed E-state index contributed by atoms with van der Waals surface area (Å²) in [5, 5.41) is 0. The Bertz CT molecular complexity index is 475. The summed E-state index contributed by atoms with van der Waals surface area (Å²) in [6, 6.07) is 1.00. The molecule has 2 aromatic rings. The van der Waals surface area contributed by atoms with E-state index in [1.54, 1.807) is 6.20 Å². The standard InChI is InChI=1S/C8H4BrF3N2/c9-6-4-14-2-1-13-7(14)3-5(6)8(10,11)12/h1-4H. The van der Waals surface area contributed by atoms with Gasteiger partial charge < -0.3 is 4.40 Å². The normalized spacial score (nSPS) is 12.3. The molecular weight excluding hydrogens is 261 g/mol. The van der Waals surface area contributed by atoms with Crippen molar-refractivity contribution in [3.8, 4) is 0 Å². The minimum Gasteiger partial charge on any atom is -0.306 e. The molecule has 14 heavy (non-hydrogen) atoms. The molecule has 0 unspecified atom stereocenters. The minimum absolute atomic E-state index is 0.00972. The Morgan fingerprint density at radius 3 is 2.71 bits per heavy atom. The fourth-order valence-electron chi connectivity index (χ4n) is 1.15. The van der Waals surface area contributed by atoms with Crippen molar-refractivity contribution < 1.29 is 13.2 Å². The van der Waals surface area contributed by atoms with Gasteiger partial charge in [-0.05, 0) is 22.0 Å². The van der Waals surface area contributed by atoms with Gasteiger partial charge in [0, 0.05) is 23.1 Å². The summed E-state index contributed by atoms with van der Waals surface area (Å²) < 4.78 is 38.8. The number of fused-ring (bicyclic) bond motifs is 1. The van der Waals surface area contributed by atoms with Crippen molar-refractivity contribution in [3.05, 3.63) is 34.7 Å². The van der Waals surface area contributed by atoms with Crippen LogP contribution < -0.4 is 0 Å². The highest BCUT2D eigenvalue weighted by Gasteiger charge is 2.33. The highest BCUT2D eigenvalue weighted by atomic mass is 79.9. The molecule has 0 radical (unpaired) electrons. The van der Waals surface area contributed by atoms with Crippen LogP contribution in [0.3, 0.4) is 0 Å². The van der Waals surface area contributed by atoms with Crippen LogP contribution in [0.15, 0.2) is 29.1 Å². The Hall–Kier alpha value is -1.04. The van der Waals surface area contributed by atoms with Crippen molar-refractivity contribution in [1.29, 1.82) is 0 Å². The van der Waals surface area contributed by atoms with E-state index in [1.165, 1.54) is 16.8 Å². The molecule has 2 aromatic heterocycles. The van der Waals surface area contributed by atoms with Crippen molar-refractivity contribution in [3.63, 3.8) is 0 Å². The smallest absolute Gasteiger partial charge is 0.306 e. The lowest BCUT2D eigenvalue weighted by molar-refractivity contribution is -0.138. The number of hydrogen-bond acceptors (Lipinski definition) is 1. The van der Waals surface area contributed by atoms with Crippen LogP contribution in [0.4, 0.5) is 13.2 Å². The maximum atomic E-state index is 12.4. The lowest BCUT2D eigenvalue weighted by Gasteiger charge is -2.08. The molecule has 0 saturated heterocycles. The number of nitrogens with zero attached hydrogens (tertiary/aromatic N) is 2. The summed E-state index contributed by atoms with van der Waals surface area (Å²) in [6.07, 6.45) is 0.0138. The van der Waals surface area contributed by atoms with Gasteiger partial charge in [0.1, 0.15) is 5.65 Å². The fraction of sp³-hybridized carbons (Fsp3) is 0.125. The molecule has 0 atom stereocenters. The number of aromatic nitrogens is 2. The molecule has 0 N–H and O–H groups in total. The first-order valence-electron chi connectivity index (χ1n) is 3.68. The number of hydrogen-bond donors (Lipinski definition) is 0. The molecule has 0 saturated carbocycles. The van der Waals surface area contributed by atoms with E-state index in [1.807, 2.05) is 0 Å². The van der Waals surface area contributed by atoms with Gasteiger partial charge in [0.25, 0.3) is 0 Å². The molecule has 0 aliphatic carbocycles. The second-order valence-corrected chi connectivity index (χ2v) is 3.58. The molecule has 0 bridgehead atoms. The van der Waals surface area contributed by atoms with Crippen LogP contribution in [0, 0.1) is 0 Å². The Balaban J connectivity index is 2.71. The van der Waals surface area contributed by atoms with Crippen molar-refractivity contribution in [2.45, 2.75) is 6.18 Å². The third-order valence-corrected chi connectivity index (χ3v) is 2.42. The molecule has 2 rings (SSSR count).